The van der Waals surface area contributed by atoms with Gasteiger partial charge in [0.1, 0.15) is 17.3 Å². The van der Waals surface area contributed by atoms with Crippen LogP contribution in [-0.4, -0.2) is 49.6 Å². The van der Waals surface area contributed by atoms with Crippen LogP contribution >= 0.6 is 0 Å². The zero-order chi connectivity index (χ0) is 23.0. The lowest BCUT2D eigenvalue weighted by molar-refractivity contribution is -0.118. The molecule has 8 heteroatoms. The summed E-state index contributed by atoms with van der Waals surface area (Å²) in [5.41, 5.74) is 1.70. The number of amides is 2. The second-order valence-electron chi connectivity index (χ2n) is 7.81. The van der Waals surface area contributed by atoms with Gasteiger partial charge in [0.05, 0.1) is 25.3 Å². The molecule has 172 valence electrons. The molecule has 3 aromatic rings. The molecule has 1 aromatic heterocycles. The van der Waals surface area contributed by atoms with E-state index in [-0.39, 0.29) is 24.1 Å². The Labute approximate surface area is 191 Å². The Morgan fingerprint density at radius 3 is 2.24 bits per heavy atom. The van der Waals surface area contributed by atoms with Gasteiger partial charge in [0.25, 0.3) is 0 Å². The first-order valence-electron chi connectivity index (χ1n) is 10.9. The number of aryl methyl sites for hydroxylation is 1. The number of furan rings is 1. The van der Waals surface area contributed by atoms with Gasteiger partial charge in [0.15, 0.2) is 0 Å². The maximum absolute atomic E-state index is 13.9. The van der Waals surface area contributed by atoms with Crippen LogP contribution in [0.4, 0.5) is 15.8 Å². The maximum Gasteiger partial charge on any atom is 0.238 e. The lowest BCUT2D eigenvalue weighted by atomic mass is 10.1. The number of nitrogens with one attached hydrogen (secondary N) is 2. The number of hydrogen-bond donors (Lipinski definition) is 2. The Kier molecular flexibility index (Phi) is 7.49. The van der Waals surface area contributed by atoms with Crippen LogP contribution in [-0.2, 0) is 20.7 Å². The third kappa shape index (κ3) is 6.50. The molecule has 2 amide bonds. The number of carbonyl (C=O) groups excluding carboxylic acids is 2. The van der Waals surface area contributed by atoms with Crippen LogP contribution in [0.2, 0.25) is 0 Å². The Balaban J connectivity index is 1.23. The summed E-state index contributed by atoms with van der Waals surface area (Å²) in [6.45, 7) is 3.12. The molecule has 2 N–H and O–H groups in total. The standard InChI is InChI=1S/C25H26FN3O4/c26-22-4-2-1-3-21(22)23-11-9-20(33-23)10-12-24(30)27-18-5-7-19(8-6-18)28-25(31)17-29-13-15-32-16-14-29/h1-9,11H,10,12-17H2,(H,27,30)(H,28,31). The molecule has 1 fully saturated rings. The van der Waals surface area contributed by atoms with Gasteiger partial charge in [-0.05, 0) is 48.5 Å². The summed E-state index contributed by atoms with van der Waals surface area (Å²) in [5, 5.41) is 5.69. The number of morpholine rings is 1. The maximum atomic E-state index is 13.9. The van der Waals surface area contributed by atoms with E-state index < -0.39 is 0 Å². The normalized spacial score (nSPS) is 14.1. The van der Waals surface area contributed by atoms with Crippen molar-refractivity contribution >= 4 is 23.2 Å². The lowest BCUT2D eigenvalue weighted by Gasteiger charge is -2.25. The summed E-state index contributed by atoms with van der Waals surface area (Å²) in [6, 6.07) is 16.8. The minimum Gasteiger partial charge on any atom is -0.461 e. The number of carbonyl (C=O) groups is 2. The summed E-state index contributed by atoms with van der Waals surface area (Å²) < 4.78 is 24.9. The number of ether oxygens (including phenoxy) is 1. The van der Waals surface area contributed by atoms with Crippen molar-refractivity contribution in [1.82, 2.24) is 4.90 Å². The SMILES string of the molecule is O=C(CCc1ccc(-c2ccccc2F)o1)Nc1ccc(NC(=O)CN2CCOCC2)cc1. The molecule has 1 saturated heterocycles. The van der Waals surface area contributed by atoms with E-state index in [0.717, 1.165) is 13.1 Å². The van der Waals surface area contributed by atoms with E-state index in [4.69, 9.17) is 9.15 Å². The molecule has 1 aliphatic rings. The highest BCUT2D eigenvalue weighted by Crippen LogP contribution is 2.25. The molecule has 0 unspecified atom stereocenters. The molecule has 4 rings (SSSR count). The van der Waals surface area contributed by atoms with E-state index >= 15 is 0 Å². The largest absolute Gasteiger partial charge is 0.461 e. The number of anilines is 2. The zero-order valence-electron chi connectivity index (χ0n) is 18.2. The van der Waals surface area contributed by atoms with Crippen molar-refractivity contribution in [2.24, 2.45) is 0 Å². The lowest BCUT2D eigenvalue weighted by Crippen LogP contribution is -2.41. The van der Waals surface area contributed by atoms with Crippen molar-refractivity contribution in [3.8, 4) is 11.3 Å². The topological polar surface area (TPSA) is 83.8 Å². The molecule has 1 aliphatic heterocycles. The third-order valence-electron chi connectivity index (χ3n) is 5.32. The fourth-order valence-electron chi connectivity index (χ4n) is 3.58. The highest BCUT2D eigenvalue weighted by molar-refractivity contribution is 5.93. The van der Waals surface area contributed by atoms with Gasteiger partial charge in [-0.1, -0.05) is 12.1 Å². The van der Waals surface area contributed by atoms with Crippen LogP contribution in [0, 0.1) is 5.82 Å². The van der Waals surface area contributed by atoms with Gasteiger partial charge in [-0.25, -0.2) is 4.39 Å². The van der Waals surface area contributed by atoms with Gasteiger partial charge in [0, 0.05) is 37.3 Å². The minimum absolute atomic E-state index is 0.0816. The third-order valence-corrected chi connectivity index (χ3v) is 5.32. The molecule has 0 spiro atoms. The van der Waals surface area contributed by atoms with Crippen LogP contribution in [0.3, 0.4) is 0 Å². The molecule has 2 aromatic carbocycles. The first-order chi connectivity index (χ1) is 16.1. The number of hydrogen-bond acceptors (Lipinski definition) is 5. The average molecular weight is 451 g/mol. The first kappa shape index (κ1) is 22.7. The molecule has 0 bridgehead atoms. The quantitative estimate of drug-likeness (QED) is 0.542. The molecule has 0 aliphatic carbocycles. The molecular formula is C25H26FN3O4. The molecule has 2 heterocycles. The van der Waals surface area contributed by atoms with Crippen molar-refractivity contribution < 1.29 is 23.1 Å². The Bertz CT molecular complexity index is 1090. The minimum atomic E-state index is -0.350. The predicted octanol–water partition coefficient (Wildman–Crippen LogP) is 3.93. The van der Waals surface area contributed by atoms with Crippen molar-refractivity contribution in [3.05, 3.63) is 72.2 Å². The summed E-state index contributed by atoms with van der Waals surface area (Å²) >= 11 is 0. The monoisotopic (exact) mass is 451 g/mol. The van der Waals surface area contributed by atoms with Crippen LogP contribution in [0.15, 0.2) is 65.1 Å². The molecule has 0 radical (unpaired) electrons. The van der Waals surface area contributed by atoms with E-state index in [1.807, 2.05) is 4.90 Å². The number of benzene rings is 2. The van der Waals surface area contributed by atoms with Gasteiger partial charge in [-0.15, -0.1) is 0 Å². The Hall–Kier alpha value is -3.49. The zero-order valence-corrected chi connectivity index (χ0v) is 18.2. The molecule has 0 atom stereocenters. The number of nitrogens with zero attached hydrogens (tertiary/aromatic N) is 1. The van der Waals surface area contributed by atoms with Crippen LogP contribution in [0.1, 0.15) is 12.2 Å². The van der Waals surface area contributed by atoms with E-state index in [2.05, 4.69) is 10.6 Å². The number of halogens is 1. The average Bonchev–Trinajstić information content (AvgIpc) is 3.29. The molecular weight excluding hydrogens is 425 g/mol. The Morgan fingerprint density at radius 2 is 1.55 bits per heavy atom. The van der Waals surface area contributed by atoms with Gasteiger partial charge in [-0.2, -0.15) is 0 Å². The fraction of sp³-hybridized carbons (Fsp3) is 0.280. The predicted molar refractivity (Wildman–Crippen MR) is 123 cm³/mol. The smallest absolute Gasteiger partial charge is 0.238 e. The van der Waals surface area contributed by atoms with Gasteiger partial charge in [0.2, 0.25) is 11.8 Å². The van der Waals surface area contributed by atoms with Gasteiger partial charge < -0.3 is 19.8 Å². The van der Waals surface area contributed by atoms with E-state index in [1.165, 1.54) is 6.07 Å². The van der Waals surface area contributed by atoms with Crippen molar-refractivity contribution in [2.45, 2.75) is 12.8 Å². The van der Waals surface area contributed by atoms with E-state index in [9.17, 15) is 14.0 Å². The van der Waals surface area contributed by atoms with Crippen LogP contribution in [0.25, 0.3) is 11.3 Å². The molecule has 0 saturated carbocycles. The van der Waals surface area contributed by atoms with Crippen LogP contribution < -0.4 is 10.6 Å². The van der Waals surface area contributed by atoms with Crippen molar-refractivity contribution in [2.75, 3.05) is 43.5 Å². The van der Waals surface area contributed by atoms with Crippen LogP contribution in [0.5, 0.6) is 0 Å². The Morgan fingerprint density at radius 1 is 0.879 bits per heavy atom. The summed E-state index contributed by atoms with van der Waals surface area (Å²) in [5.74, 6) is 0.457. The van der Waals surface area contributed by atoms with Crippen molar-refractivity contribution in [1.29, 1.82) is 0 Å². The fourth-order valence-corrected chi connectivity index (χ4v) is 3.58. The number of rotatable bonds is 8. The first-order valence-corrected chi connectivity index (χ1v) is 10.9. The summed E-state index contributed by atoms with van der Waals surface area (Å²) in [4.78, 5) is 26.5. The van der Waals surface area contributed by atoms with E-state index in [0.29, 0.717) is 54.6 Å². The highest BCUT2D eigenvalue weighted by Gasteiger charge is 2.14. The summed E-state index contributed by atoms with van der Waals surface area (Å²) in [7, 11) is 0. The second kappa shape index (κ2) is 10.9. The second-order valence-corrected chi connectivity index (χ2v) is 7.81. The van der Waals surface area contributed by atoms with Gasteiger partial charge in [-0.3, -0.25) is 14.5 Å². The molecule has 7 nitrogen and oxygen atoms in total. The van der Waals surface area contributed by atoms with E-state index in [1.54, 1.807) is 54.6 Å². The highest BCUT2D eigenvalue weighted by atomic mass is 19.1. The van der Waals surface area contributed by atoms with Crippen molar-refractivity contribution in [3.63, 3.8) is 0 Å². The molecule has 33 heavy (non-hydrogen) atoms. The summed E-state index contributed by atoms with van der Waals surface area (Å²) in [6.07, 6.45) is 0.623. The van der Waals surface area contributed by atoms with Gasteiger partial charge >= 0.3 is 0 Å².